The zero-order valence-electron chi connectivity index (χ0n) is 12.3. The van der Waals surface area contributed by atoms with Gasteiger partial charge in [0.2, 0.25) is 5.91 Å². The average molecular weight is 286 g/mol. The van der Waals surface area contributed by atoms with Gasteiger partial charge in [0.05, 0.1) is 11.6 Å². The van der Waals surface area contributed by atoms with E-state index in [1.807, 2.05) is 14.0 Å². The van der Waals surface area contributed by atoms with E-state index >= 15 is 0 Å². The highest BCUT2D eigenvalue weighted by molar-refractivity contribution is 5.88. The Kier molecular flexibility index (Phi) is 3.32. The summed E-state index contributed by atoms with van der Waals surface area (Å²) in [6.07, 6.45) is 3.16. The van der Waals surface area contributed by atoms with Gasteiger partial charge in [0.15, 0.2) is 5.65 Å². The van der Waals surface area contributed by atoms with Crippen LogP contribution in [0.25, 0.3) is 11.0 Å². The Morgan fingerprint density at radius 1 is 1.29 bits per heavy atom. The number of carbonyl (C=O) groups is 1. The Hall–Kier alpha value is -2.44. The van der Waals surface area contributed by atoms with Crippen LogP contribution in [0.15, 0.2) is 18.9 Å². The molecule has 1 aliphatic rings. The fourth-order valence-corrected chi connectivity index (χ4v) is 2.62. The maximum absolute atomic E-state index is 11.6. The molecule has 1 aliphatic heterocycles. The molecule has 0 saturated carbocycles. The van der Waals surface area contributed by atoms with Crippen molar-refractivity contribution < 1.29 is 4.79 Å². The zero-order valence-corrected chi connectivity index (χ0v) is 12.3. The number of nitrogens with zero attached hydrogens (tertiary/aromatic N) is 6. The second kappa shape index (κ2) is 5.16. The van der Waals surface area contributed by atoms with Crippen molar-refractivity contribution in [2.45, 2.75) is 6.92 Å². The molecule has 1 amide bonds. The highest BCUT2D eigenvalue weighted by atomic mass is 16.2. The van der Waals surface area contributed by atoms with E-state index in [1.54, 1.807) is 15.8 Å². The molecule has 0 atom stereocenters. The molecule has 21 heavy (non-hydrogen) atoms. The van der Waals surface area contributed by atoms with Crippen molar-refractivity contribution in [2.24, 2.45) is 7.05 Å². The third kappa shape index (κ3) is 2.35. The number of hydrogen-bond donors (Lipinski definition) is 0. The van der Waals surface area contributed by atoms with Gasteiger partial charge in [-0.3, -0.25) is 9.48 Å². The zero-order chi connectivity index (χ0) is 15.0. The van der Waals surface area contributed by atoms with Crippen LogP contribution in [-0.4, -0.2) is 56.7 Å². The Balaban J connectivity index is 1.89. The predicted octanol–water partition coefficient (Wildman–Crippen LogP) is 0.506. The van der Waals surface area contributed by atoms with Crippen LogP contribution in [0.3, 0.4) is 0 Å². The minimum atomic E-state index is -0.0138. The molecule has 0 aromatic carbocycles. The largest absolute Gasteiger partial charge is 0.352 e. The summed E-state index contributed by atoms with van der Waals surface area (Å²) < 4.78 is 1.75. The molecule has 0 N–H and O–H groups in total. The Bertz CT molecular complexity index is 699. The molecule has 3 heterocycles. The lowest BCUT2D eigenvalue weighted by Gasteiger charge is -2.35. The monoisotopic (exact) mass is 286 g/mol. The van der Waals surface area contributed by atoms with Gasteiger partial charge in [0, 0.05) is 33.2 Å². The van der Waals surface area contributed by atoms with Crippen LogP contribution in [0.5, 0.6) is 0 Å². The Morgan fingerprint density at radius 2 is 2.00 bits per heavy atom. The summed E-state index contributed by atoms with van der Waals surface area (Å²) in [6.45, 7) is 8.27. The lowest BCUT2D eigenvalue weighted by atomic mass is 10.2. The molecule has 0 spiro atoms. The molecule has 0 bridgehead atoms. The summed E-state index contributed by atoms with van der Waals surface area (Å²) in [6, 6.07) is 0. The van der Waals surface area contributed by atoms with Gasteiger partial charge in [0.25, 0.3) is 0 Å². The summed E-state index contributed by atoms with van der Waals surface area (Å²) in [7, 11) is 1.87. The van der Waals surface area contributed by atoms with Crippen molar-refractivity contribution in [3.8, 4) is 0 Å². The van der Waals surface area contributed by atoms with Crippen molar-refractivity contribution in [1.29, 1.82) is 0 Å². The number of piperazine rings is 1. The van der Waals surface area contributed by atoms with E-state index in [4.69, 9.17) is 0 Å². The second-order valence-corrected chi connectivity index (χ2v) is 5.12. The minimum Gasteiger partial charge on any atom is -0.352 e. The summed E-state index contributed by atoms with van der Waals surface area (Å²) in [5.74, 6) is 1.61. The van der Waals surface area contributed by atoms with Crippen LogP contribution < -0.4 is 4.90 Å². The quantitative estimate of drug-likeness (QED) is 0.752. The van der Waals surface area contributed by atoms with E-state index in [-0.39, 0.29) is 5.91 Å². The summed E-state index contributed by atoms with van der Waals surface area (Å²) >= 11 is 0. The molecule has 1 saturated heterocycles. The van der Waals surface area contributed by atoms with Crippen LogP contribution >= 0.6 is 0 Å². The van der Waals surface area contributed by atoms with Crippen LogP contribution in [-0.2, 0) is 11.8 Å². The van der Waals surface area contributed by atoms with Gasteiger partial charge in [0.1, 0.15) is 11.6 Å². The van der Waals surface area contributed by atoms with Crippen molar-refractivity contribution in [1.82, 2.24) is 24.6 Å². The van der Waals surface area contributed by atoms with Gasteiger partial charge in [-0.15, -0.1) is 0 Å². The lowest BCUT2D eigenvalue weighted by Crippen LogP contribution is -2.48. The van der Waals surface area contributed by atoms with Gasteiger partial charge >= 0.3 is 0 Å². The van der Waals surface area contributed by atoms with E-state index in [1.165, 1.54) is 6.08 Å². The normalized spacial score (nSPS) is 15.5. The summed E-state index contributed by atoms with van der Waals surface area (Å²) in [4.78, 5) is 24.6. The summed E-state index contributed by atoms with van der Waals surface area (Å²) in [5.41, 5.74) is 0.835. The number of aryl methyl sites for hydroxylation is 2. The van der Waals surface area contributed by atoms with E-state index in [2.05, 4.69) is 26.5 Å². The predicted molar refractivity (Wildman–Crippen MR) is 80.0 cm³/mol. The van der Waals surface area contributed by atoms with Crippen molar-refractivity contribution >= 4 is 22.8 Å². The number of aromatic nitrogens is 4. The second-order valence-electron chi connectivity index (χ2n) is 5.12. The molecule has 0 aliphatic carbocycles. The van der Waals surface area contributed by atoms with Gasteiger partial charge in [-0.25, -0.2) is 9.97 Å². The van der Waals surface area contributed by atoms with E-state index in [0.29, 0.717) is 13.1 Å². The molecule has 7 nitrogen and oxygen atoms in total. The van der Waals surface area contributed by atoms with Gasteiger partial charge in [-0.2, -0.15) is 5.10 Å². The fourth-order valence-electron chi connectivity index (χ4n) is 2.62. The molecule has 0 unspecified atom stereocenters. The highest BCUT2D eigenvalue weighted by Gasteiger charge is 2.23. The molecule has 7 heteroatoms. The molecule has 1 fully saturated rings. The van der Waals surface area contributed by atoms with Crippen LogP contribution in [0.4, 0.5) is 5.82 Å². The summed E-state index contributed by atoms with van der Waals surface area (Å²) in [5, 5.41) is 5.21. The van der Waals surface area contributed by atoms with Crippen LogP contribution in [0.2, 0.25) is 0 Å². The Morgan fingerprint density at radius 3 is 2.67 bits per heavy atom. The number of carbonyl (C=O) groups excluding carboxylic acids is 1. The van der Waals surface area contributed by atoms with Crippen molar-refractivity contribution in [3.05, 3.63) is 24.7 Å². The molecule has 2 aromatic heterocycles. The molecular formula is C14H18N6O. The van der Waals surface area contributed by atoms with Gasteiger partial charge in [-0.05, 0) is 13.0 Å². The lowest BCUT2D eigenvalue weighted by molar-refractivity contribution is -0.126. The van der Waals surface area contributed by atoms with Crippen molar-refractivity contribution in [3.63, 3.8) is 0 Å². The minimum absolute atomic E-state index is 0.0138. The average Bonchev–Trinajstić information content (AvgIpc) is 2.87. The standard InChI is InChI=1S/C14H18N6O/c1-4-12(21)19-5-7-20(8-6-19)14-11-9-15-18(3)13(11)16-10(2)17-14/h4,9H,1,5-8H2,2-3H3. The van der Waals surface area contributed by atoms with Crippen LogP contribution in [0, 0.1) is 6.92 Å². The molecule has 0 radical (unpaired) electrons. The first-order chi connectivity index (χ1) is 10.1. The van der Waals surface area contributed by atoms with Crippen LogP contribution in [0.1, 0.15) is 5.82 Å². The van der Waals surface area contributed by atoms with E-state index in [9.17, 15) is 4.79 Å². The molecule has 110 valence electrons. The molecule has 2 aromatic rings. The van der Waals surface area contributed by atoms with E-state index < -0.39 is 0 Å². The SMILES string of the molecule is C=CC(=O)N1CCN(c2nc(C)nc3c2cnn3C)CC1. The van der Waals surface area contributed by atoms with E-state index in [0.717, 1.165) is 35.8 Å². The Labute approximate surface area is 122 Å². The maximum atomic E-state index is 11.6. The topological polar surface area (TPSA) is 67.2 Å². The molecular weight excluding hydrogens is 268 g/mol. The third-order valence-corrected chi connectivity index (χ3v) is 3.75. The number of rotatable bonds is 2. The smallest absolute Gasteiger partial charge is 0.246 e. The third-order valence-electron chi connectivity index (χ3n) is 3.75. The van der Waals surface area contributed by atoms with Gasteiger partial charge < -0.3 is 9.80 Å². The number of fused-ring (bicyclic) bond motifs is 1. The first-order valence-corrected chi connectivity index (χ1v) is 6.93. The fraction of sp³-hybridized carbons (Fsp3) is 0.429. The number of hydrogen-bond acceptors (Lipinski definition) is 5. The molecule has 3 rings (SSSR count). The van der Waals surface area contributed by atoms with Crippen molar-refractivity contribution in [2.75, 3.05) is 31.1 Å². The maximum Gasteiger partial charge on any atom is 0.246 e. The number of amides is 1. The first-order valence-electron chi connectivity index (χ1n) is 6.93. The first kappa shape index (κ1) is 13.5. The number of anilines is 1. The van der Waals surface area contributed by atoms with Gasteiger partial charge in [-0.1, -0.05) is 6.58 Å². The highest BCUT2D eigenvalue weighted by Crippen LogP contribution is 2.24.